The van der Waals surface area contributed by atoms with Crippen LogP contribution >= 0.6 is 0 Å². The molecule has 3 nitrogen and oxygen atoms in total. The number of aliphatic hydroxyl groups excluding tert-OH is 1. The summed E-state index contributed by atoms with van der Waals surface area (Å²) < 4.78 is 0. The second-order valence-corrected chi connectivity index (χ2v) is 9.52. The van der Waals surface area contributed by atoms with Gasteiger partial charge in [-0.2, -0.15) is 5.10 Å². The van der Waals surface area contributed by atoms with Gasteiger partial charge in [-0.05, 0) is 86.0 Å². The quantitative estimate of drug-likeness (QED) is 0.764. The highest BCUT2D eigenvalue weighted by molar-refractivity contribution is 5.35. The van der Waals surface area contributed by atoms with Gasteiger partial charge in [-0.25, -0.2) is 0 Å². The van der Waals surface area contributed by atoms with E-state index >= 15 is 0 Å². The Morgan fingerprint density at radius 2 is 2.00 bits per heavy atom. The average molecular weight is 314 g/mol. The molecular weight excluding hydrogens is 284 g/mol. The van der Waals surface area contributed by atoms with Gasteiger partial charge in [0.05, 0.1) is 12.3 Å². The van der Waals surface area contributed by atoms with Gasteiger partial charge in [-0.3, -0.25) is 5.10 Å². The molecule has 0 spiro atoms. The van der Waals surface area contributed by atoms with Gasteiger partial charge in [0.2, 0.25) is 0 Å². The van der Waals surface area contributed by atoms with E-state index in [-0.39, 0.29) is 6.10 Å². The van der Waals surface area contributed by atoms with E-state index in [2.05, 4.69) is 30.2 Å². The van der Waals surface area contributed by atoms with E-state index in [1.54, 1.807) is 0 Å². The van der Waals surface area contributed by atoms with Crippen molar-refractivity contribution < 1.29 is 5.11 Å². The molecule has 7 atom stereocenters. The standard InChI is InChI=1S/C20H30N2O/c1-19-7-5-14(23)10-13(19)3-4-15-16(19)6-8-20(2)17(15)9-12-11-21-22-18(12)20/h11,13-17,23H,3-10H2,1-2H3,(H,21,22)/t13-,14-,15-,16-,17-,19-,20+/m0/s1. The number of fused-ring (bicyclic) bond motifs is 7. The Kier molecular flexibility index (Phi) is 2.92. The number of aliphatic hydroxyl groups is 1. The number of nitrogens with one attached hydrogen (secondary N) is 1. The fraction of sp³-hybridized carbons (Fsp3) is 0.850. The molecule has 1 heterocycles. The van der Waals surface area contributed by atoms with Crippen LogP contribution in [-0.2, 0) is 11.8 Å². The molecule has 0 radical (unpaired) electrons. The third-order valence-electron chi connectivity index (χ3n) is 8.76. The number of H-pyrrole nitrogens is 1. The van der Waals surface area contributed by atoms with Crippen LogP contribution in [0.5, 0.6) is 0 Å². The zero-order chi connectivity index (χ0) is 15.8. The second-order valence-electron chi connectivity index (χ2n) is 9.52. The molecule has 1 aromatic heterocycles. The van der Waals surface area contributed by atoms with Crippen molar-refractivity contribution in [2.24, 2.45) is 29.1 Å². The second kappa shape index (κ2) is 4.62. The Balaban J connectivity index is 1.49. The predicted molar refractivity (Wildman–Crippen MR) is 90.0 cm³/mol. The van der Waals surface area contributed by atoms with E-state index in [1.165, 1.54) is 49.8 Å². The Morgan fingerprint density at radius 3 is 2.87 bits per heavy atom. The first-order valence-corrected chi connectivity index (χ1v) is 9.73. The highest BCUT2D eigenvalue weighted by Gasteiger charge is 2.59. The summed E-state index contributed by atoms with van der Waals surface area (Å²) in [7, 11) is 0. The van der Waals surface area contributed by atoms with E-state index in [0.717, 1.165) is 36.5 Å². The zero-order valence-electron chi connectivity index (χ0n) is 14.5. The molecule has 0 amide bonds. The molecule has 4 aliphatic rings. The fourth-order valence-electron chi connectivity index (χ4n) is 7.44. The van der Waals surface area contributed by atoms with Gasteiger partial charge in [0.15, 0.2) is 0 Å². The van der Waals surface area contributed by atoms with Crippen molar-refractivity contribution in [3.8, 4) is 0 Å². The van der Waals surface area contributed by atoms with Crippen LogP contribution in [0.4, 0.5) is 0 Å². The summed E-state index contributed by atoms with van der Waals surface area (Å²) in [5.74, 6) is 3.34. The van der Waals surface area contributed by atoms with Gasteiger partial charge >= 0.3 is 0 Å². The monoisotopic (exact) mass is 314 g/mol. The molecule has 3 saturated carbocycles. The number of nitrogens with zero attached hydrogens (tertiary/aromatic N) is 1. The van der Waals surface area contributed by atoms with Gasteiger partial charge < -0.3 is 5.11 Å². The zero-order valence-corrected chi connectivity index (χ0v) is 14.5. The maximum Gasteiger partial charge on any atom is 0.0543 e. The van der Waals surface area contributed by atoms with Crippen LogP contribution in [0.15, 0.2) is 6.20 Å². The molecular formula is C20H30N2O. The van der Waals surface area contributed by atoms with Crippen LogP contribution in [0.3, 0.4) is 0 Å². The Bertz CT molecular complexity index is 625. The summed E-state index contributed by atoms with van der Waals surface area (Å²) in [6, 6.07) is 0. The van der Waals surface area contributed by atoms with Crippen LogP contribution in [-0.4, -0.2) is 21.4 Å². The first-order valence-electron chi connectivity index (χ1n) is 9.73. The molecule has 0 saturated heterocycles. The Hall–Kier alpha value is -0.830. The van der Waals surface area contributed by atoms with E-state index in [4.69, 9.17) is 0 Å². The third-order valence-corrected chi connectivity index (χ3v) is 8.76. The minimum Gasteiger partial charge on any atom is -0.393 e. The number of hydrogen-bond acceptors (Lipinski definition) is 2. The van der Waals surface area contributed by atoms with Crippen molar-refractivity contribution in [1.82, 2.24) is 10.2 Å². The van der Waals surface area contributed by atoms with Crippen LogP contribution in [0, 0.1) is 29.1 Å². The number of hydrogen-bond donors (Lipinski definition) is 2. The summed E-state index contributed by atoms with van der Waals surface area (Å²) in [6.45, 7) is 5.07. The normalized spacial score (nSPS) is 51.5. The maximum absolute atomic E-state index is 10.1. The smallest absolute Gasteiger partial charge is 0.0543 e. The van der Waals surface area contributed by atoms with Crippen molar-refractivity contribution in [3.63, 3.8) is 0 Å². The molecule has 2 N–H and O–H groups in total. The maximum atomic E-state index is 10.1. The lowest BCUT2D eigenvalue weighted by atomic mass is 9.45. The van der Waals surface area contributed by atoms with Crippen molar-refractivity contribution in [3.05, 3.63) is 17.5 Å². The molecule has 5 rings (SSSR count). The van der Waals surface area contributed by atoms with E-state index in [0.29, 0.717) is 10.8 Å². The Morgan fingerprint density at radius 1 is 1.13 bits per heavy atom. The van der Waals surface area contributed by atoms with Gasteiger partial charge in [-0.15, -0.1) is 0 Å². The molecule has 126 valence electrons. The van der Waals surface area contributed by atoms with Gasteiger partial charge in [0.1, 0.15) is 0 Å². The highest BCUT2D eigenvalue weighted by atomic mass is 16.3. The predicted octanol–water partition coefficient (Wildman–Crippen LogP) is 3.83. The van der Waals surface area contributed by atoms with E-state index in [9.17, 15) is 5.11 Å². The molecule has 1 aromatic rings. The van der Waals surface area contributed by atoms with Crippen LogP contribution < -0.4 is 0 Å². The molecule has 23 heavy (non-hydrogen) atoms. The molecule has 3 heteroatoms. The summed E-state index contributed by atoms with van der Waals surface area (Å²) in [4.78, 5) is 0. The molecule has 0 aromatic carbocycles. The van der Waals surface area contributed by atoms with Crippen LogP contribution in [0.25, 0.3) is 0 Å². The SMILES string of the molecule is C[C@]12CC[C@H](O)C[C@@H]1CC[C@H]1[C@@H]2CC[C@@]2(C)c3[nH]ncc3C[C@@H]12. The van der Waals surface area contributed by atoms with Crippen molar-refractivity contribution >= 4 is 0 Å². The number of aromatic amines is 1. The van der Waals surface area contributed by atoms with E-state index < -0.39 is 0 Å². The topological polar surface area (TPSA) is 48.9 Å². The van der Waals surface area contributed by atoms with Crippen molar-refractivity contribution in [2.45, 2.75) is 76.7 Å². The molecule has 0 unspecified atom stereocenters. The van der Waals surface area contributed by atoms with Gasteiger partial charge in [-0.1, -0.05) is 13.8 Å². The summed E-state index contributed by atoms with van der Waals surface area (Å²) in [5.41, 5.74) is 3.76. The fourth-order valence-corrected chi connectivity index (χ4v) is 7.44. The lowest BCUT2D eigenvalue weighted by Gasteiger charge is -2.60. The molecule has 3 fully saturated rings. The van der Waals surface area contributed by atoms with Crippen LogP contribution in [0.2, 0.25) is 0 Å². The third kappa shape index (κ3) is 1.78. The number of rotatable bonds is 0. The minimum atomic E-state index is -0.0316. The summed E-state index contributed by atoms with van der Waals surface area (Å²) in [6.07, 6.45) is 12.0. The first-order chi connectivity index (χ1) is 11.0. The lowest BCUT2D eigenvalue weighted by molar-refractivity contribution is -0.111. The molecule has 0 aliphatic heterocycles. The van der Waals surface area contributed by atoms with Crippen LogP contribution in [0.1, 0.15) is 70.1 Å². The average Bonchev–Trinajstić information content (AvgIpc) is 3.09. The summed E-state index contributed by atoms with van der Waals surface area (Å²) in [5, 5.41) is 17.8. The Labute approximate surface area is 139 Å². The number of aromatic nitrogens is 2. The van der Waals surface area contributed by atoms with E-state index in [1.807, 2.05) is 0 Å². The van der Waals surface area contributed by atoms with Crippen molar-refractivity contribution in [1.29, 1.82) is 0 Å². The van der Waals surface area contributed by atoms with Gasteiger partial charge in [0, 0.05) is 11.1 Å². The first kappa shape index (κ1) is 14.5. The molecule has 4 aliphatic carbocycles. The van der Waals surface area contributed by atoms with Crippen molar-refractivity contribution in [2.75, 3.05) is 0 Å². The highest BCUT2D eigenvalue weighted by Crippen LogP contribution is 2.65. The summed E-state index contributed by atoms with van der Waals surface area (Å²) >= 11 is 0. The molecule has 0 bridgehead atoms. The van der Waals surface area contributed by atoms with Gasteiger partial charge in [0.25, 0.3) is 0 Å². The lowest BCUT2D eigenvalue weighted by Crippen LogP contribution is -2.54. The largest absolute Gasteiger partial charge is 0.393 e. The minimum absolute atomic E-state index is 0.0316.